The van der Waals surface area contributed by atoms with Crippen molar-refractivity contribution >= 4 is 5.97 Å². The highest BCUT2D eigenvalue weighted by Crippen LogP contribution is 2.06. The first-order chi connectivity index (χ1) is 9.69. The van der Waals surface area contributed by atoms with Gasteiger partial charge in [-0.25, -0.2) is 9.78 Å². The smallest absolute Gasteiger partial charge is 0.354 e. The maximum Gasteiger partial charge on any atom is 0.354 e. The zero-order valence-corrected chi connectivity index (χ0v) is 11.3. The van der Waals surface area contributed by atoms with Gasteiger partial charge < -0.3 is 5.11 Å². The summed E-state index contributed by atoms with van der Waals surface area (Å²) in [5.41, 5.74) is 2.87. The largest absolute Gasteiger partial charge is 0.477 e. The zero-order valence-electron chi connectivity index (χ0n) is 11.3. The Bertz CT molecular complexity index is 663. The molecule has 0 spiro atoms. The third kappa shape index (κ3) is 3.69. The molecule has 2 aromatic rings. The van der Waals surface area contributed by atoms with E-state index in [-0.39, 0.29) is 5.69 Å². The van der Waals surface area contributed by atoms with Gasteiger partial charge in [0, 0.05) is 17.3 Å². The summed E-state index contributed by atoms with van der Waals surface area (Å²) in [5.74, 6) is 4.94. The predicted molar refractivity (Wildman–Crippen MR) is 77.6 cm³/mol. The SMILES string of the molecule is CCCc1ccc(C#Cc2ccnc(C(=O)O)c2)cc1. The Kier molecular flexibility index (Phi) is 4.52. The molecule has 0 radical (unpaired) electrons. The van der Waals surface area contributed by atoms with Gasteiger partial charge in [0.25, 0.3) is 0 Å². The van der Waals surface area contributed by atoms with Gasteiger partial charge in [-0.05, 0) is 36.2 Å². The van der Waals surface area contributed by atoms with E-state index in [4.69, 9.17) is 5.11 Å². The molecule has 0 unspecified atom stereocenters. The molecule has 20 heavy (non-hydrogen) atoms. The van der Waals surface area contributed by atoms with Gasteiger partial charge in [0.15, 0.2) is 0 Å². The summed E-state index contributed by atoms with van der Waals surface area (Å²) in [6, 6.07) is 11.3. The first-order valence-corrected chi connectivity index (χ1v) is 6.49. The van der Waals surface area contributed by atoms with Crippen LogP contribution in [0.25, 0.3) is 0 Å². The molecule has 1 heterocycles. The van der Waals surface area contributed by atoms with E-state index >= 15 is 0 Å². The Hall–Kier alpha value is -2.60. The van der Waals surface area contributed by atoms with E-state index in [0.717, 1.165) is 18.4 Å². The lowest BCUT2D eigenvalue weighted by molar-refractivity contribution is 0.0690. The predicted octanol–water partition coefficient (Wildman–Crippen LogP) is 3.13. The first-order valence-electron chi connectivity index (χ1n) is 6.49. The molecule has 0 atom stereocenters. The molecule has 3 nitrogen and oxygen atoms in total. The number of hydrogen-bond donors (Lipinski definition) is 1. The lowest BCUT2D eigenvalue weighted by Gasteiger charge is -1.97. The van der Waals surface area contributed by atoms with E-state index in [1.807, 2.05) is 12.1 Å². The van der Waals surface area contributed by atoms with Gasteiger partial charge in [0.1, 0.15) is 5.69 Å². The highest BCUT2D eigenvalue weighted by Gasteiger charge is 2.03. The number of pyridine rings is 1. The van der Waals surface area contributed by atoms with Crippen LogP contribution in [0.1, 0.15) is 40.5 Å². The minimum atomic E-state index is -1.04. The number of carbonyl (C=O) groups is 1. The number of benzene rings is 1. The average molecular weight is 265 g/mol. The van der Waals surface area contributed by atoms with Crippen LogP contribution in [0.2, 0.25) is 0 Å². The molecule has 0 amide bonds. The van der Waals surface area contributed by atoms with Crippen LogP contribution < -0.4 is 0 Å². The van der Waals surface area contributed by atoms with Crippen LogP contribution >= 0.6 is 0 Å². The second-order valence-electron chi connectivity index (χ2n) is 4.43. The molecule has 1 aromatic carbocycles. The molecule has 3 heteroatoms. The van der Waals surface area contributed by atoms with Crippen LogP contribution in [-0.4, -0.2) is 16.1 Å². The van der Waals surface area contributed by atoms with Crippen LogP contribution in [0.15, 0.2) is 42.6 Å². The molecule has 100 valence electrons. The molecular weight excluding hydrogens is 250 g/mol. The van der Waals surface area contributed by atoms with Crippen molar-refractivity contribution in [3.8, 4) is 11.8 Å². The lowest BCUT2D eigenvalue weighted by atomic mass is 10.1. The number of carboxylic acids is 1. The van der Waals surface area contributed by atoms with Crippen molar-refractivity contribution in [3.63, 3.8) is 0 Å². The van der Waals surface area contributed by atoms with Gasteiger partial charge in [-0.2, -0.15) is 0 Å². The van der Waals surface area contributed by atoms with Gasteiger partial charge in [-0.15, -0.1) is 0 Å². The minimum absolute atomic E-state index is 0.00935. The fraction of sp³-hybridized carbons (Fsp3) is 0.176. The van der Waals surface area contributed by atoms with E-state index < -0.39 is 5.97 Å². The van der Waals surface area contributed by atoms with E-state index in [1.54, 1.807) is 6.07 Å². The first kappa shape index (κ1) is 13.8. The van der Waals surface area contributed by atoms with Gasteiger partial charge in [-0.3, -0.25) is 0 Å². The molecule has 0 fully saturated rings. The molecule has 1 N–H and O–H groups in total. The Balaban J connectivity index is 2.17. The van der Waals surface area contributed by atoms with Crippen LogP contribution in [0.4, 0.5) is 0 Å². The van der Waals surface area contributed by atoms with E-state index in [9.17, 15) is 4.79 Å². The number of carboxylic acid groups (broad SMARTS) is 1. The van der Waals surface area contributed by atoms with Crippen LogP contribution in [-0.2, 0) is 6.42 Å². The fourth-order valence-electron chi connectivity index (χ4n) is 1.81. The number of hydrogen-bond acceptors (Lipinski definition) is 2. The van der Waals surface area contributed by atoms with Crippen molar-refractivity contribution in [1.82, 2.24) is 4.98 Å². The summed E-state index contributed by atoms with van der Waals surface area (Å²) in [4.78, 5) is 14.6. The molecular formula is C17H15NO2. The summed E-state index contributed by atoms with van der Waals surface area (Å²) in [6.07, 6.45) is 3.65. The van der Waals surface area contributed by atoms with Crippen molar-refractivity contribution in [3.05, 3.63) is 65.0 Å². The third-order valence-corrected chi connectivity index (χ3v) is 2.82. The van der Waals surface area contributed by atoms with Crippen LogP contribution in [0, 0.1) is 11.8 Å². The standard InChI is InChI=1S/C17H15NO2/c1-2-3-13-4-6-14(7-5-13)8-9-15-10-11-18-16(12-15)17(19)20/h4-7,10-12H,2-3H2,1H3,(H,19,20). The number of aryl methyl sites for hydroxylation is 1. The quantitative estimate of drug-likeness (QED) is 0.867. The van der Waals surface area contributed by atoms with Crippen molar-refractivity contribution in [2.24, 2.45) is 0 Å². The molecule has 0 saturated carbocycles. The van der Waals surface area contributed by atoms with Crippen LogP contribution in [0.5, 0.6) is 0 Å². The molecule has 0 aliphatic heterocycles. The van der Waals surface area contributed by atoms with Crippen molar-refractivity contribution in [1.29, 1.82) is 0 Å². The van der Waals surface area contributed by atoms with Gasteiger partial charge >= 0.3 is 5.97 Å². The Morgan fingerprint density at radius 3 is 2.50 bits per heavy atom. The second-order valence-corrected chi connectivity index (χ2v) is 4.43. The zero-order chi connectivity index (χ0) is 14.4. The van der Waals surface area contributed by atoms with Crippen molar-refractivity contribution < 1.29 is 9.90 Å². The van der Waals surface area contributed by atoms with Crippen molar-refractivity contribution in [2.45, 2.75) is 19.8 Å². The maximum atomic E-state index is 10.8. The summed E-state index contributed by atoms with van der Waals surface area (Å²) in [7, 11) is 0. The fourth-order valence-corrected chi connectivity index (χ4v) is 1.81. The van der Waals surface area contributed by atoms with Crippen molar-refractivity contribution in [2.75, 3.05) is 0 Å². The Morgan fingerprint density at radius 1 is 1.15 bits per heavy atom. The summed E-state index contributed by atoms with van der Waals surface area (Å²) < 4.78 is 0. The number of aromatic nitrogens is 1. The monoisotopic (exact) mass is 265 g/mol. The lowest BCUT2D eigenvalue weighted by Crippen LogP contribution is -1.99. The minimum Gasteiger partial charge on any atom is -0.477 e. The summed E-state index contributed by atoms with van der Waals surface area (Å²) >= 11 is 0. The number of nitrogens with zero attached hydrogens (tertiary/aromatic N) is 1. The maximum absolute atomic E-state index is 10.8. The molecule has 1 aromatic heterocycles. The molecule has 0 aliphatic rings. The molecule has 2 rings (SSSR count). The van der Waals surface area contributed by atoms with Gasteiger partial charge in [-0.1, -0.05) is 37.3 Å². The normalized spacial score (nSPS) is 9.65. The summed E-state index contributed by atoms with van der Waals surface area (Å²) in [6.45, 7) is 2.15. The average Bonchev–Trinajstić information content (AvgIpc) is 2.47. The molecule has 0 bridgehead atoms. The van der Waals surface area contributed by atoms with E-state index in [2.05, 4.69) is 35.9 Å². The highest BCUT2D eigenvalue weighted by molar-refractivity contribution is 5.85. The highest BCUT2D eigenvalue weighted by atomic mass is 16.4. The Labute approximate surface area is 118 Å². The van der Waals surface area contributed by atoms with E-state index in [1.165, 1.54) is 17.8 Å². The number of aromatic carboxylic acids is 1. The molecule has 0 aliphatic carbocycles. The van der Waals surface area contributed by atoms with E-state index in [0.29, 0.717) is 5.56 Å². The topological polar surface area (TPSA) is 50.2 Å². The van der Waals surface area contributed by atoms with Gasteiger partial charge in [0.2, 0.25) is 0 Å². The Morgan fingerprint density at radius 2 is 1.85 bits per heavy atom. The van der Waals surface area contributed by atoms with Gasteiger partial charge in [0.05, 0.1) is 0 Å². The number of rotatable bonds is 3. The second kappa shape index (κ2) is 6.53. The molecule has 0 saturated heterocycles. The summed E-state index contributed by atoms with van der Waals surface area (Å²) in [5, 5.41) is 8.86. The van der Waals surface area contributed by atoms with Crippen LogP contribution in [0.3, 0.4) is 0 Å². The third-order valence-electron chi connectivity index (χ3n) is 2.82.